The average Bonchev–Trinajstić information content (AvgIpc) is 3.52. The van der Waals surface area contributed by atoms with Crippen molar-refractivity contribution < 1.29 is 28.2 Å². The number of rotatable bonds is 8. The third-order valence-electron chi connectivity index (χ3n) is 5.70. The van der Waals surface area contributed by atoms with Crippen molar-refractivity contribution in [1.82, 2.24) is 5.32 Å². The van der Waals surface area contributed by atoms with E-state index in [1.54, 1.807) is 29.4 Å². The van der Waals surface area contributed by atoms with E-state index in [9.17, 15) is 9.59 Å². The number of ether oxygens (including phenoxy) is 3. The highest BCUT2D eigenvalue weighted by Crippen LogP contribution is 2.42. The molecule has 33 heavy (non-hydrogen) atoms. The topological polar surface area (TPSA) is 90.2 Å². The van der Waals surface area contributed by atoms with E-state index in [1.165, 1.54) is 21.3 Å². The molecule has 8 heteroatoms. The molecule has 0 radical (unpaired) electrons. The zero-order chi connectivity index (χ0) is 23.4. The van der Waals surface area contributed by atoms with Crippen molar-refractivity contribution in [3.8, 4) is 17.2 Å². The lowest BCUT2D eigenvalue weighted by molar-refractivity contribution is -0.126. The minimum Gasteiger partial charge on any atom is -0.493 e. The van der Waals surface area contributed by atoms with Crippen molar-refractivity contribution in [2.75, 3.05) is 32.8 Å². The lowest BCUT2D eigenvalue weighted by Crippen LogP contribution is -2.36. The lowest BCUT2D eigenvalue weighted by atomic mass is 10.0. The van der Waals surface area contributed by atoms with Crippen molar-refractivity contribution in [2.24, 2.45) is 5.92 Å². The van der Waals surface area contributed by atoms with Crippen LogP contribution in [0.5, 0.6) is 17.2 Å². The van der Waals surface area contributed by atoms with Gasteiger partial charge in [-0.25, -0.2) is 0 Å². The van der Waals surface area contributed by atoms with Gasteiger partial charge in [0.05, 0.1) is 39.2 Å². The van der Waals surface area contributed by atoms with Crippen LogP contribution in [0, 0.1) is 5.92 Å². The fourth-order valence-corrected chi connectivity index (χ4v) is 4.04. The summed E-state index contributed by atoms with van der Waals surface area (Å²) in [7, 11) is 4.55. The highest BCUT2D eigenvalue weighted by molar-refractivity contribution is 6.00. The Hall–Kier alpha value is -3.94. The molecule has 0 saturated carbocycles. The van der Waals surface area contributed by atoms with E-state index in [0.717, 1.165) is 5.56 Å². The van der Waals surface area contributed by atoms with Gasteiger partial charge in [-0.15, -0.1) is 0 Å². The summed E-state index contributed by atoms with van der Waals surface area (Å²) in [4.78, 5) is 27.6. The number of benzene rings is 2. The van der Waals surface area contributed by atoms with Gasteiger partial charge in [0.15, 0.2) is 11.5 Å². The van der Waals surface area contributed by atoms with Crippen LogP contribution in [0.25, 0.3) is 0 Å². The van der Waals surface area contributed by atoms with Crippen LogP contribution < -0.4 is 24.4 Å². The van der Waals surface area contributed by atoms with Crippen LogP contribution in [0.1, 0.15) is 23.8 Å². The Labute approximate surface area is 192 Å². The molecule has 2 unspecified atom stereocenters. The molecule has 2 amide bonds. The van der Waals surface area contributed by atoms with Gasteiger partial charge in [-0.2, -0.15) is 0 Å². The van der Waals surface area contributed by atoms with Crippen LogP contribution in [0.3, 0.4) is 0 Å². The van der Waals surface area contributed by atoms with Gasteiger partial charge < -0.3 is 28.8 Å². The first-order chi connectivity index (χ1) is 16.0. The molecular weight excluding hydrogens is 424 g/mol. The van der Waals surface area contributed by atoms with Gasteiger partial charge in [0.2, 0.25) is 17.6 Å². The molecule has 1 saturated heterocycles. The summed E-state index contributed by atoms with van der Waals surface area (Å²) in [6.45, 7) is 0.239. The molecular formula is C25H26N2O6. The maximum absolute atomic E-state index is 13.2. The molecule has 172 valence electrons. The number of hydrogen-bond donors (Lipinski definition) is 1. The molecule has 1 fully saturated rings. The Balaban J connectivity index is 1.55. The molecule has 4 rings (SSSR count). The van der Waals surface area contributed by atoms with Crippen LogP contribution in [-0.4, -0.2) is 39.7 Å². The van der Waals surface area contributed by atoms with Gasteiger partial charge >= 0.3 is 0 Å². The second-order valence-corrected chi connectivity index (χ2v) is 7.66. The van der Waals surface area contributed by atoms with E-state index < -0.39 is 12.0 Å². The SMILES string of the molecule is COc1cc(N2CC(C(=O)NC(c3ccccc3)c3ccco3)CC2=O)cc(OC)c1OC. The summed E-state index contributed by atoms with van der Waals surface area (Å²) in [5.41, 5.74) is 1.47. The minimum absolute atomic E-state index is 0.0994. The number of amides is 2. The Kier molecular flexibility index (Phi) is 6.53. The highest BCUT2D eigenvalue weighted by Gasteiger charge is 2.37. The summed E-state index contributed by atoms with van der Waals surface area (Å²) in [6.07, 6.45) is 1.67. The third-order valence-corrected chi connectivity index (χ3v) is 5.70. The zero-order valence-electron chi connectivity index (χ0n) is 18.7. The van der Waals surface area contributed by atoms with E-state index in [1.807, 2.05) is 36.4 Å². The van der Waals surface area contributed by atoms with Crippen LogP contribution in [0.4, 0.5) is 5.69 Å². The molecule has 0 aliphatic carbocycles. The van der Waals surface area contributed by atoms with Crippen molar-refractivity contribution in [1.29, 1.82) is 0 Å². The highest BCUT2D eigenvalue weighted by atomic mass is 16.5. The summed E-state index contributed by atoms with van der Waals surface area (Å²) < 4.78 is 21.7. The molecule has 8 nitrogen and oxygen atoms in total. The van der Waals surface area contributed by atoms with Gasteiger partial charge in [-0.1, -0.05) is 30.3 Å². The maximum atomic E-state index is 13.2. The van der Waals surface area contributed by atoms with Crippen molar-refractivity contribution >= 4 is 17.5 Å². The van der Waals surface area contributed by atoms with E-state index >= 15 is 0 Å². The monoisotopic (exact) mass is 450 g/mol. The van der Waals surface area contributed by atoms with Crippen molar-refractivity contribution in [2.45, 2.75) is 12.5 Å². The second kappa shape index (κ2) is 9.68. The van der Waals surface area contributed by atoms with E-state index in [0.29, 0.717) is 28.7 Å². The summed E-state index contributed by atoms with van der Waals surface area (Å²) in [6, 6.07) is 16.1. The van der Waals surface area contributed by atoms with Crippen LogP contribution in [0.15, 0.2) is 65.3 Å². The minimum atomic E-state index is -0.516. The van der Waals surface area contributed by atoms with Crippen molar-refractivity contribution in [3.05, 3.63) is 72.2 Å². The summed E-state index contributed by atoms with van der Waals surface area (Å²) in [5.74, 6) is 1.05. The number of nitrogens with zero attached hydrogens (tertiary/aromatic N) is 1. The fraction of sp³-hybridized carbons (Fsp3) is 0.280. The van der Waals surface area contributed by atoms with Gasteiger partial charge in [0.1, 0.15) is 11.8 Å². The number of carbonyl (C=O) groups excluding carboxylic acids is 2. The zero-order valence-corrected chi connectivity index (χ0v) is 18.7. The van der Waals surface area contributed by atoms with Crippen molar-refractivity contribution in [3.63, 3.8) is 0 Å². The Bertz CT molecular complexity index is 1090. The van der Waals surface area contributed by atoms with E-state index in [2.05, 4.69) is 5.32 Å². The molecule has 1 aliphatic rings. The van der Waals surface area contributed by atoms with Crippen LogP contribution in [-0.2, 0) is 9.59 Å². The molecule has 0 spiro atoms. The molecule has 0 bridgehead atoms. The first-order valence-corrected chi connectivity index (χ1v) is 10.5. The quantitative estimate of drug-likeness (QED) is 0.564. The molecule has 1 aliphatic heterocycles. The number of anilines is 1. The smallest absolute Gasteiger partial charge is 0.227 e. The fourth-order valence-electron chi connectivity index (χ4n) is 4.04. The molecule has 2 atom stereocenters. The van der Waals surface area contributed by atoms with Gasteiger partial charge in [-0.3, -0.25) is 9.59 Å². The third kappa shape index (κ3) is 4.50. The number of methoxy groups -OCH3 is 3. The predicted molar refractivity (Wildman–Crippen MR) is 122 cm³/mol. The maximum Gasteiger partial charge on any atom is 0.227 e. The van der Waals surface area contributed by atoms with Gasteiger partial charge in [0.25, 0.3) is 0 Å². The Morgan fingerprint density at radius 2 is 1.73 bits per heavy atom. The summed E-state index contributed by atoms with van der Waals surface area (Å²) in [5, 5.41) is 3.05. The number of carbonyl (C=O) groups is 2. The number of furan rings is 1. The molecule has 2 aromatic carbocycles. The Morgan fingerprint density at radius 3 is 2.30 bits per heavy atom. The number of nitrogens with one attached hydrogen (secondary N) is 1. The van der Waals surface area contributed by atoms with Gasteiger partial charge in [-0.05, 0) is 17.7 Å². The normalized spacial score (nSPS) is 16.4. The first-order valence-electron chi connectivity index (χ1n) is 10.5. The molecule has 2 heterocycles. The molecule has 1 aromatic heterocycles. The summed E-state index contributed by atoms with van der Waals surface area (Å²) >= 11 is 0. The van der Waals surface area contributed by atoms with Crippen LogP contribution in [0.2, 0.25) is 0 Å². The molecule has 3 aromatic rings. The van der Waals surface area contributed by atoms with Crippen LogP contribution >= 0.6 is 0 Å². The lowest BCUT2D eigenvalue weighted by Gasteiger charge is -2.21. The average molecular weight is 450 g/mol. The Morgan fingerprint density at radius 1 is 1.03 bits per heavy atom. The molecule has 1 N–H and O–H groups in total. The van der Waals surface area contributed by atoms with E-state index in [-0.39, 0.29) is 24.8 Å². The predicted octanol–water partition coefficient (Wildman–Crippen LogP) is 3.56. The van der Waals surface area contributed by atoms with Gasteiger partial charge in [0, 0.05) is 25.1 Å². The number of hydrogen-bond acceptors (Lipinski definition) is 6. The second-order valence-electron chi connectivity index (χ2n) is 7.66. The largest absolute Gasteiger partial charge is 0.493 e. The standard InChI is InChI=1S/C25H26N2O6/c1-30-20-13-18(14-21(31-2)24(20)32-3)27-15-17(12-22(27)28)25(29)26-23(19-10-7-11-33-19)16-8-5-4-6-9-16/h4-11,13-14,17,23H,12,15H2,1-3H3,(H,26,29). The van der Waals surface area contributed by atoms with E-state index in [4.69, 9.17) is 18.6 Å². The first kappa shape index (κ1) is 22.3.